The van der Waals surface area contributed by atoms with Gasteiger partial charge in [0.2, 0.25) is 0 Å². The molecule has 0 N–H and O–H groups in total. The largest absolute Gasteiger partial charge is 0.437 e. The molecule has 1 amide bonds. The van der Waals surface area contributed by atoms with Crippen LogP contribution >= 0.6 is 0 Å². The number of alkyl halides is 6. The highest BCUT2D eigenvalue weighted by Crippen LogP contribution is 2.41. The van der Waals surface area contributed by atoms with Crippen LogP contribution < -0.4 is 4.90 Å². The van der Waals surface area contributed by atoms with Gasteiger partial charge in [-0.2, -0.15) is 26.3 Å². The zero-order chi connectivity index (χ0) is 26.1. The number of amides is 1. The average Bonchev–Trinajstić information content (AvgIpc) is 3.19. The molecule has 1 spiro atoms. The van der Waals surface area contributed by atoms with Crippen LogP contribution in [0.15, 0.2) is 18.2 Å². The van der Waals surface area contributed by atoms with Crippen molar-refractivity contribution in [2.45, 2.75) is 63.1 Å². The Balaban J connectivity index is 1.46. The molecule has 0 bridgehead atoms. The van der Waals surface area contributed by atoms with Gasteiger partial charge >= 0.3 is 18.4 Å². The fourth-order valence-electron chi connectivity index (χ4n) is 5.36. The van der Waals surface area contributed by atoms with Gasteiger partial charge in [0.15, 0.2) is 6.10 Å². The van der Waals surface area contributed by atoms with E-state index in [1.807, 2.05) is 4.90 Å². The maximum absolute atomic E-state index is 13.7. The number of piperidine rings is 1. The molecule has 1 aromatic rings. The van der Waals surface area contributed by atoms with Gasteiger partial charge in [-0.15, -0.1) is 0 Å². The van der Waals surface area contributed by atoms with Crippen molar-refractivity contribution in [2.75, 3.05) is 50.8 Å². The molecule has 6 nitrogen and oxygen atoms in total. The molecular weight excluding hydrogens is 492 g/mol. The predicted molar refractivity (Wildman–Crippen MR) is 120 cm³/mol. The van der Waals surface area contributed by atoms with Gasteiger partial charge < -0.3 is 19.3 Å². The first-order chi connectivity index (χ1) is 16.9. The first kappa shape index (κ1) is 26.8. The van der Waals surface area contributed by atoms with E-state index >= 15 is 0 Å². The predicted octanol–water partition coefficient (Wildman–Crippen LogP) is 5.06. The molecule has 0 aromatic heterocycles. The second-order valence-corrected chi connectivity index (χ2v) is 9.79. The number of rotatable bonds is 4. The molecule has 1 unspecified atom stereocenters. The Morgan fingerprint density at radius 2 is 1.67 bits per heavy atom. The SMILES string of the molecule is CC(OC(=O)N1CCC2(CCCN2Cc2cc(N3CCOCC3)cc(C(F)(F)F)c2)CC1)C(F)(F)F. The van der Waals surface area contributed by atoms with Crippen LogP contribution in [-0.2, 0) is 22.2 Å². The van der Waals surface area contributed by atoms with Crippen LogP contribution in [0.25, 0.3) is 0 Å². The number of halogens is 6. The van der Waals surface area contributed by atoms with Crippen LogP contribution in [0.2, 0.25) is 0 Å². The van der Waals surface area contributed by atoms with Crippen LogP contribution in [0.1, 0.15) is 43.7 Å². The Morgan fingerprint density at radius 1 is 1.00 bits per heavy atom. The van der Waals surface area contributed by atoms with E-state index in [1.54, 1.807) is 6.07 Å². The lowest BCUT2D eigenvalue weighted by Gasteiger charge is -2.45. The highest BCUT2D eigenvalue weighted by molar-refractivity contribution is 5.68. The van der Waals surface area contributed by atoms with Crippen LogP contribution in [-0.4, -0.2) is 79.6 Å². The van der Waals surface area contributed by atoms with E-state index in [1.165, 1.54) is 17.0 Å². The summed E-state index contributed by atoms with van der Waals surface area (Å²) in [4.78, 5) is 17.6. The monoisotopic (exact) mass is 523 g/mol. The number of morpholine rings is 1. The van der Waals surface area contributed by atoms with E-state index in [4.69, 9.17) is 4.74 Å². The van der Waals surface area contributed by atoms with Gasteiger partial charge in [-0.05, 0) is 62.9 Å². The van der Waals surface area contributed by atoms with Crippen LogP contribution in [0.4, 0.5) is 36.8 Å². The van der Waals surface area contributed by atoms with Gasteiger partial charge in [-0.3, -0.25) is 4.90 Å². The van der Waals surface area contributed by atoms with Crippen molar-refractivity contribution in [3.05, 3.63) is 29.3 Å². The summed E-state index contributed by atoms with van der Waals surface area (Å²) in [7, 11) is 0. The maximum atomic E-state index is 13.7. The minimum Gasteiger partial charge on any atom is -0.437 e. The van der Waals surface area contributed by atoms with Crippen molar-refractivity contribution in [1.82, 2.24) is 9.80 Å². The minimum atomic E-state index is -4.63. The lowest BCUT2D eigenvalue weighted by Crippen LogP contribution is -2.53. The smallest absolute Gasteiger partial charge is 0.425 e. The third kappa shape index (κ3) is 6.01. The number of anilines is 1. The molecule has 1 atom stereocenters. The summed E-state index contributed by atoms with van der Waals surface area (Å²) in [6.45, 7) is 4.27. The molecule has 202 valence electrons. The van der Waals surface area contributed by atoms with Crippen molar-refractivity contribution in [2.24, 2.45) is 0 Å². The molecule has 12 heteroatoms. The van der Waals surface area contributed by atoms with Crippen LogP contribution in [0, 0.1) is 0 Å². The summed E-state index contributed by atoms with van der Waals surface area (Å²) >= 11 is 0. The summed E-state index contributed by atoms with van der Waals surface area (Å²) in [6.07, 6.45) is -9.54. The first-order valence-corrected chi connectivity index (χ1v) is 12.2. The Morgan fingerprint density at radius 3 is 2.28 bits per heavy atom. The second kappa shape index (κ2) is 10.3. The Kier molecular flexibility index (Phi) is 7.66. The van der Waals surface area contributed by atoms with E-state index in [-0.39, 0.29) is 18.6 Å². The normalized spacial score (nSPS) is 22.2. The van der Waals surface area contributed by atoms with E-state index in [9.17, 15) is 31.1 Å². The van der Waals surface area contributed by atoms with Gasteiger partial charge in [-0.1, -0.05) is 0 Å². The van der Waals surface area contributed by atoms with E-state index in [0.717, 1.165) is 19.8 Å². The summed E-state index contributed by atoms with van der Waals surface area (Å²) in [5, 5.41) is 0. The number of hydrogen-bond acceptors (Lipinski definition) is 5. The Hall–Kier alpha value is -2.21. The fraction of sp³-hybridized carbons (Fsp3) is 0.708. The number of likely N-dealkylation sites (tertiary alicyclic amines) is 2. The van der Waals surface area contributed by atoms with Crippen molar-refractivity contribution in [3.63, 3.8) is 0 Å². The van der Waals surface area contributed by atoms with Crippen molar-refractivity contribution in [3.8, 4) is 0 Å². The third-order valence-corrected chi connectivity index (χ3v) is 7.49. The molecular formula is C24H31F6N3O3. The third-order valence-electron chi connectivity index (χ3n) is 7.49. The lowest BCUT2D eigenvalue weighted by molar-refractivity contribution is -0.200. The van der Waals surface area contributed by atoms with E-state index in [0.29, 0.717) is 63.5 Å². The van der Waals surface area contributed by atoms with Gasteiger partial charge in [0.25, 0.3) is 0 Å². The van der Waals surface area contributed by atoms with Gasteiger partial charge in [0, 0.05) is 44.0 Å². The zero-order valence-corrected chi connectivity index (χ0v) is 20.1. The minimum absolute atomic E-state index is 0.238. The lowest BCUT2D eigenvalue weighted by atomic mass is 9.84. The number of hydrogen-bond donors (Lipinski definition) is 0. The van der Waals surface area contributed by atoms with Crippen molar-refractivity contribution in [1.29, 1.82) is 0 Å². The Bertz CT molecular complexity index is 925. The molecule has 3 fully saturated rings. The molecule has 36 heavy (non-hydrogen) atoms. The number of nitrogens with zero attached hydrogens (tertiary/aromatic N) is 3. The average molecular weight is 524 g/mol. The molecule has 3 saturated heterocycles. The second-order valence-electron chi connectivity index (χ2n) is 9.79. The quantitative estimate of drug-likeness (QED) is 0.517. The van der Waals surface area contributed by atoms with E-state index in [2.05, 4.69) is 9.64 Å². The van der Waals surface area contributed by atoms with Crippen LogP contribution in [0.3, 0.4) is 0 Å². The molecule has 0 saturated carbocycles. The summed E-state index contributed by atoms with van der Waals surface area (Å²) in [6, 6.07) is 4.18. The fourth-order valence-corrected chi connectivity index (χ4v) is 5.36. The standard InChI is InChI=1S/C24H31F6N3O3/c1-17(23(25,26)27)36-21(34)32-7-4-22(5-8-32)3-2-6-33(22)16-18-13-19(24(28,29)30)15-20(14-18)31-9-11-35-12-10-31/h13-15,17H,2-12,16H2,1H3. The number of ether oxygens (including phenoxy) is 2. The molecule has 3 aliphatic heterocycles. The van der Waals surface area contributed by atoms with Crippen molar-refractivity contribution >= 4 is 11.8 Å². The Labute approximate surface area is 206 Å². The van der Waals surface area contributed by atoms with Crippen LogP contribution in [0.5, 0.6) is 0 Å². The highest BCUT2D eigenvalue weighted by Gasteiger charge is 2.45. The highest BCUT2D eigenvalue weighted by atomic mass is 19.4. The molecule has 0 radical (unpaired) electrons. The zero-order valence-electron chi connectivity index (χ0n) is 20.1. The molecule has 0 aliphatic carbocycles. The molecule has 3 heterocycles. The molecule has 1 aromatic carbocycles. The van der Waals surface area contributed by atoms with Gasteiger partial charge in [0.05, 0.1) is 18.8 Å². The summed E-state index contributed by atoms with van der Waals surface area (Å²) in [5.74, 6) is 0. The summed E-state index contributed by atoms with van der Waals surface area (Å²) in [5.41, 5.74) is 0.0898. The number of benzene rings is 1. The number of carbonyl (C=O) groups excluding carboxylic acids is 1. The topological polar surface area (TPSA) is 45.2 Å². The number of carbonyl (C=O) groups is 1. The summed E-state index contributed by atoms with van der Waals surface area (Å²) < 4.78 is 89.2. The van der Waals surface area contributed by atoms with Gasteiger partial charge in [0.1, 0.15) is 0 Å². The van der Waals surface area contributed by atoms with Crippen molar-refractivity contribution < 1.29 is 40.6 Å². The maximum Gasteiger partial charge on any atom is 0.425 e. The molecule has 3 aliphatic rings. The van der Waals surface area contributed by atoms with Gasteiger partial charge in [-0.25, -0.2) is 4.79 Å². The first-order valence-electron chi connectivity index (χ1n) is 12.2. The van der Waals surface area contributed by atoms with E-state index < -0.39 is 30.1 Å². The molecule has 4 rings (SSSR count).